The molecule has 2 aliphatic carbocycles. The lowest BCUT2D eigenvalue weighted by Crippen LogP contribution is -2.66. The second-order valence-corrected chi connectivity index (χ2v) is 8.33. The number of hydrogen-bond donors (Lipinski definition) is 2. The summed E-state index contributed by atoms with van der Waals surface area (Å²) in [6.45, 7) is -0.143. The Morgan fingerprint density at radius 2 is 1.86 bits per heavy atom. The number of nitrogens with zero attached hydrogens (tertiary/aromatic N) is 2. The van der Waals surface area contributed by atoms with Gasteiger partial charge in [0.1, 0.15) is 11.6 Å². The fourth-order valence-electron chi connectivity index (χ4n) is 4.64. The summed E-state index contributed by atoms with van der Waals surface area (Å²) in [7, 11) is 0. The van der Waals surface area contributed by atoms with Crippen LogP contribution in [0.25, 0.3) is 0 Å². The van der Waals surface area contributed by atoms with Crippen molar-refractivity contribution in [3.63, 3.8) is 0 Å². The Balaban J connectivity index is 1.49. The standard InChI is InChI=1S/C23H26N2O3/c24-14-19-21(20(15-26)25(19)22(27)18-4-3-5-18)17-8-6-16(7-9-17)10-13-23(28)11-1-2-12-23/h6-9,18-21,26,28H,1-5,11-12,15H2/t19-,20+,21+/m1/s1. The number of carbonyl (C=O) groups is 1. The molecule has 0 spiro atoms. The minimum atomic E-state index is -0.858. The number of rotatable bonds is 3. The van der Waals surface area contributed by atoms with Crippen LogP contribution >= 0.6 is 0 Å². The third-order valence-corrected chi connectivity index (χ3v) is 6.61. The van der Waals surface area contributed by atoms with E-state index in [-0.39, 0.29) is 30.4 Å². The maximum atomic E-state index is 12.6. The summed E-state index contributed by atoms with van der Waals surface area (Å²) < 4.78 is 0. The minimum Gasteiger partial charge on any atom is -0.394 e. The Morgan fingerprint density at radius 1 is 1.18 bits per heavy atom. The van der Waals surface area contributed by atoms with Gasteiger partial charge in [0.2, 0.25) is 5.91 Å². The molecule has 1 aromatic carbocycles. The molecular weight excluding hydrogens is 352 g/mol. The van der Waals surface area contributed by atoms with Gasteiger partial charge in [-0.2, -0.15) is 5.26 Å². The molecule has 3 atom stereocenters. The maximum Gasteiger partial charge on any atom is 0.227 e. The monoisotopic (exact) mass is 378 g/mol. The largest absolute Gasteiger partial charge is 0.394 e. The second-order valence-electron chi connectivity index (χ2n) is 8.33. The number of hydrogen-bond acceptors (Lipinski definition) is 4. The Bertz CT molecular complexity index is 835. The second kappa shape index (κ2) is 7.59. The lowest BCUT2D eigenvalue weighted by atomic mass is 9.73. The zero-order chi connectivity index (χ0) is 19.7. The van der Waals surface area contributed by atoms with Gasteiger partial charge in [-0.15, -0.1) is 0 Å². The molecule has 1 amide bonds. The number of likely N-dealkylation sites (tertiary alicyclic amines) is 1. The predicted octanol–water partition coefficient (Wildman–Crippen LogP) is 2.32. The average molecular weight is 378 g/mol. The van der Waals surface area contributed by atoms with E-state index in [1.54, 1.807) is 4.90 Å². The first-order valence-corrected chi connectivity index (χ1v) is 10.2. The van der Waals surface area contributed by atoms with Crippen LogP contribution in [0.4, 0.5) is 0 Å². The fraction of sp³-hybridized carbons (Fsp3) is 0.565. The van der Waals surface area contributed by atoms with Gasteiger partial charge in [-0.3, -0.25) is 4.79 Å². The Kier molecular flexibility index (Phi) is 5.15. The summed E-state index contributed by atoms with van der Waals surface area (Å²) in [6, 6.07) is 9.02. The van der Waals surface area contributed by atoms with Gasteiger partial charge < -0.3 is 15.1 Å². The summed E-state index contributed by atoms with van der Waals surface area (Å²) in [4.78, 5) is 14.2. The lowest BCUT2D eigenvalue weighted by molar-refractivity contribution is -0.154. The molecule has 0 bridgehead atoms. The van der Waals surface area contributed by atoms with Crippen LogP contribution in [0.3, 0.4) is 0 Å². The van der Waals surface area contributed by atoms with Crippen LogP contribution in [0.15, 0.2) is 24.3 Å². The van der Waals surface area contributed by atoms with Gasteiger partial charge in [0.15, 0.2) is 0 Å². The van der Waals surface area contributed by atoms with E-state index in [4.69, 9.17) is 0 Å². The van der Waals surface area contributed by atoms with Crippen molar-refractivity contribution in [1.29, 1.82) is 5.26 Å². The van der Waals surface area contributed by atoms with E-state index < -0.39 is 11.6 Å². The molecule has 2 saturated carbocycles. The number of aliphatic hydroxyl groups is 2. The van der Waals surface area contributed by atoms with E-state index in [9.17, 15) is 20.3 Å². The third kappa shape index (κ3) is 3.30. The van der Waals surface area contributed by atoms with Gasteiger partial charge in [0, 0.05) is 17.4 Å². The van der Waals surface area contributed by atoms with Crippen molar-refractivity contribution in [1.82, 2.24) is 4.90 Å². The Hall–Kier alpha value is -2.34. The van der Waals surface area contributed by atoms with Gasteiger partial charge in [0.05, 0.1) is 18.7 Å². The van der Waals surface area contributed by atoms with Gasteiger partial charge in [-0.05, 0) is 56.2 Å². The number of carbonyl (C=O) groups excluding carboxylic acids is 1. The molecule has 1 aromatic rings. The highest BCUT2D eigenvalue weighted by molar-refractivity contribution is 5.82. The molecule has 146 valence electrons. The van der Waals surface area contributed by atoms with Gasteiger partial charge in [-0.1, -0.05) is 30.4 Å². The van der Waals surface area contributed by atoms with E-state index in [1.807, 2.05) is 24.3 Å². The van der Waals surface area contributed by atoms with E-state index in [2.05, 4.69) is 17.9 Å². The summed E-state index contributed by atoms with van der Waals surface area (Å²) in [5.74, 6) is 5.91. The first-order chi connectivity index (χ1) is 13.6. The van der Waals surface area contributed by atoms with E-state index in [0.29, 0.717) is 0 Å². The first-order valence-electron chi connectivity index (χ1n) is 10.2. The van der Waals surface area contributed by atoms with Crippen molar-refractivity contribution < 1.29 is 15.0 Å². The molecule has 3 aliphatic rings. The minimum absolute atomic E-state index is 0.0143. The van der Waals surface area contributed by atoms with E-state index in [0.717, 1.165) is 56.1 Å². The Labute approximate surface area is 166 Å². The zero-order valence-electron chi connectivity index (χ0n) is 16.0. The number of benzene rings is 1. The molecule has 1 saturated heterocycles. The zero-order valence-corrected chi connectivity index (χ0v) is 16.0. The van der Waals surface area contributed by atoms with E-state index >= 15 is 0 Å². The molecule has 2 N–H and O–H groups in total. The lowest BCUT2D eigenvalue weighted by Gasteiger charge is -2.53. The highest BCUT2D eigenvalue weighted by Crippen LogP contribution is 2.43. The van der Waals surface area contributed by atoms with Gasteiger partial charge in [0.25, 0.3) is 0 Å². The van der Waals surface area contributed by atoms with Gasteiger partial charge >= 0.3 is 0 Å². The Morgan fingerprint density at radius 3 is 2.39 bits per heavy atom. The molecule has 5 heteroatoms. The number of amides is 1. The molecule has 3 fully saturated rings. The van der Waals surface area contributed by atoms with Crippen LogP contribution in [0, 0.1) is 29.1 Å². The van der Waals surface area contributed by atoms with Gasteiger partial charge in [-0.25, -0.2) is 0 Å². The van der Waals surface area contributed by atoms with E-state index in [1.165, 1.54) is 0 Å². The van der Waals surface area contributed by atoms with Crippen molar-refractivity contribution in [3.05, 3.63) is 35.4 Å². The summed E-state index contributed by atoms with van der Waals surface area (Å²) >= 11 is 0. The van der Waals surface area contributed by atoms with Crippen LogP contribution in [-0.2, 0) is 4.79 Å². The summed E-state index contributed by atoms with van der Waals surface area (Å²) in [5.41, 5.74) is 0.899. The number of nitriles is 1. The van der Waals surface area contributed by atoms with Crippen LogP contribution in [0.1, 0.15) is 62.0 Å². The molecule has 28 heavy (non-hydrogen) atoms. The van der Waals surface area contributed by atoms with Crippen LogP contribution in [0.2, 0.25) is 0 Å². The highest BCUT2D eigenvalue weighted by atomic mass is 16.3. The quantitative estimate of drug-likeness (QED) is 0.791. The smallest absolute Gasteiger partial charge is 0.227 e. The molecule has 1 aliphatic heterocycles. The third-order valence-electron chi connectivity index (χ3n) is 6.61. The highest BCUT2D eigenvalue weighted by Gasteiger charge is 2.53. The molecule has 0 aromatic heterocycles. The molecule has 4 rings (SSSR count). The van der Waals surface area contributed by atoms with Crippen molar-refractivity contribution >= 4 is 5.91 Å². The number of aliphatic hydroxyl groups excluding tert-OH is 1. The van der Waals surface area contributed by atoms with Crippen molar-refractivity contribution in [2.75, 3.05) is 6.61 Å². The SMILES string of the molecule is N#C[C@@H]1[C@H](c2ccc(C#CC3(O)CCCC3)cc2)[C@H](CO)N1C(=O)C1CCC1. The van der Waals surface area contributed by atoms with Crippen molar-refractivity contribution in [3.8, 4) is 17.9 Å². The first kappa shape index (κ1) is 19.0. The molecular formula is C23H26N2O3. The van der Waals surface area contributed by atoms with Crippen LogP contribution in [0.5, 0.6) is 0 Å². The summed E-state index contributed by atoms with van der Waals surface area (Å²) in [6.07, 6.45) is 6.32. The van der Waals surface area contributed by atoms with Crippen LogP contribution in [-0.4, -0.2) is 45.3 Å². The van der Waals surface area contributed by atoms with Crippen molar-refractivity contribution in [2.24, 2.45) is 5.92 Å². The fourth-order valence-corrected chi connectivity index (χ4v) is 4.64. The van der Waals surface area contributed by atoms with Crippen molar-refractivity contribution in [2.45, 2.75) is 68.5 Å². The normalized spacial score (nSPS) is 28.5. The molecule has 5 nitrogen and oxygen atoms in total. The molecule has 0 radical (unpaired) electrons. The predicted molar refractivity (Wildman–Crippen MR) is 104 cm³/mol. The average Bonchev–Trinajstić information content (AvgIpc) is 3.06. The van der Waals surface area contributed by atoms with Crippen LogP contribution < -0.4 is 0 Å². The molecule has 0 unspecified atom stereocenters. The maximum absolute atomic E-state index is 12.6. The molecule has 1 heterocycles. The summed E-state index contributed by atoms with van der Waals surface area (Å²) in [5, 5.41) is 29.8. The topological polar surface area (TPSA) is 84.6 Å².